The summed E-state index contributed by atoms with van der Waals surface area (Å²) in [5, 5.41) is 3.68. The maximum atomic E-state index is 14.0. The molecule has 0 bridgehead atoms. The number of benzene rings is 3. The molecule has 0 radical (unpaired) electrons. The zero-order valence-corrected chi connectivity index (χ0v) is 25.6. The van der Waals surface area contributed by atoms with Crippen molar-refractivity contribution in [3.63, 3.8) is 0 Å². The van der Waals surface area contributed by atoms with E-state index in [0.717, 1.165) is 15.4 Å². The van der Waals surface area contributed by atoms with Crippen LogP contribution < -0.4 is 9.62 Å². The summed E-state index contributed by atoms with van der Waals surface area (Å²) in [4.78, 5) is 28.6. The maximum Gasteiger partial charge on any atom is 0.264 e. The molecule has 0 heterocycles. The summed E-state index contributed by atoms with van der Waals surface area (Å²) >= 11 is 12.5. The number of anilines is 1. The van der Waals surface area contributed by atoms with E-state index in [1.54, 1.807) is 55.5 Å². The molecule has 0 fully saturated rings. The van der Waals surface area contributed by atoms with Crippen molar-refractivity contribution in [1.29, 1.82) is 0 Å². The van der Waals surface area contributed by atoms with Crippen molar-refractivity contribution < 1.29 is 18.0 Å². The monoisotopic (exact) mass is 603 g/mol. The first-order valence-corrected chi connectivity index (χ1v) is 15.2. The van der Waals surface area contributed by atoms with E-state index in [9.17, 15) is 18.0 Å². The van der Waals surface area contributed by atoms with E-state index in [4.69, 9.17) is 23.2 Å². The predicted molar refractivity (Wildman–Crippen MR) is 161 cm³/mol. The number of rotatable bonds is 11. The zero-order chi connectivity index (χ0) is 29.6. The molecule has 10 heteroatoms. The molecule has 0 spiro atoms. The van der Waals surface area contributed by atoms with Crippen molar-refractivity contribution >= 4 is 50.7 Å². The second-order valence-corrected chi connectivity index (χ2v) is 12.6. The molecular weight excluding hydrogens is 569 g/mol. The molecule has 3 rings (SSSR count). The van der Waals surface area contributed by atoms with Crippen LogP contribution in [0, 0.1) is 13.8 Å². The third-order valence-electron chi connectivity index (χ3n) is 6.70. The summed E-state index contributed by atoms with van der Waals surface area (Å²) in [5.41, 5.74) is 2.66. The van der Waals surface area contributed by atoms with E-state index in [0.29, 0.717) is 27.7 Å². The Morgan fingerprint density at radius 2 is 1.60 bits per heavy atom. The number of sulfonamides is 1. The molecule has 3 aromatic carbocycles. The van der Waals surface area contributed by atoms with Gasteiger partial charge in [0.25, 0.3) is 10.0 Å². The van der Waals surface area contributed by atoms with Gasteiger partial charge in [-0.2, -0.15) is 0 Å². The summed E-state index contributed by atoms with van der Waals surface area (Å²) in [6.07, 6.45) is 0.714. The van der Waals surface area contributed by atoms with Crippen LogP contribution >= 0.6 is 23.2 Å². The number of hydrogen-bond acceptors (Lipinski definition) is 4. The smallest absolute Gasteiger partial charge is 0.264 e. The Hall–Kier alpha value is -3.07. The molecule has 2 atom stereocenters. The van der Waals surface area contributed by atoms with Crippen molar-refractivity contribution in [3.8, 4) is 0 Å². The lowest BCUT2D eigenvalue weighted by atomic mass is 10.1. The van der Waals surface area contributed by atoms with E-state index in [1.165, 1.54) is 17.0 Å². The van der Waals surface area contributed by atoms with Gasteiger partial charge in [-0.3, -0.25) is 13.9 Å². The number of carbonyl (C=O) groups is 2. The van der Waals surface area contributed by atoms with Crippen LogP contribution in [-0.2, 0) is 26.2 Å². The minimum Gasteiger partial charge on any atom is -0.352 e. The first-order valence-electron chi connectivity index (χ1n) is 13.0. The topological polar surface area (TPSA) is 86.8 Å². The Bertz CT molecular complexity index is 1460. The fourth-order valence-corrected chi connectivity index (χ4v) is 5.91. The maximum absolute atomic E-state index is 14.0. The fourth-order valence-electron chi connectivity index (χ4n) is 4.03. The predicted octanol–water partition coefficient (Wildman–Crippen LogP) is 6.14. The molecule has 0 aliphatic rings. The fraction of sp³-hybridized carbons (Fsp3) is 0.333. The summed E-state index contributed by atoms with van der Waals surface area (Å²) in [7, 11) is -4.13. The summed E-state index contributed by atoms with van der Waals surface area (Å²) < 4.78 is 28.9. The molecule has 0 aromatic heterocycles. The number of nitrogens with zero attached hydrogens (tertiary/aromatic N) is 2. The lowest BCUT2D eigenvalue weighted by Gasteiger charge is -2.32. The summed E-state index contributed by atoms with van der Waals surface area (Å²) in [6.45, 7) is 8.61. The first-order chi connectivity index (χ1) is 18.8. The normalized spacial score (nSPS) is 12.9. The van der Waals surface area contributed by atoms with Gasteiger partial charge in [0, 0.05) is 22.6 Å². The number of nitrogens with one attached hydrogen (secondary N) is 1. The van der Waals surface area contributed by atoms with Gasteiger partial charge >= 0.3 is 0 Å². The van der Waals surface area contributed by atoms with Crippen LogP contribution in [0.25, 0.3) is 0 Å². The van der Waals surface area contributed by atoms with Gasteiger partial charge in [0.2, 0.25) is 11.8 Å². The Balaban J connectivity index is 2.05. The number of amides is 2. The van der Waals surface area contributed by atoms with Crippen molar-refractivity contribution in [2.45, 2.75) is 64.6 Å². The van der Waals surface area contributed by atoms with Crippen LogP contribution in [0.4, 0.5) is 5.69 Å². The molecule has 0 saturated carbocycles. The number of aryl methyl sites for hydroxylation is 2. The SMILES string of the molecule is CCC(C)NC(=O)C(C)N(Cc1ccc(Cl)cc1Cl)C(=O)CN(c1cccc(C)c1)S(=O)(=O)c1ccc(C)cc1. The average molecular weight is 605 g/mol. The van der Waals surface area contributed by atoms with E-state index >= 15 is 0 Å². The molecule has 40 heavy (non-hydrogen) atoms. The molecule has 1 N–H and O–H groups in total. The molecule has 214 valence electrons. The largest absolute Gasteiger partial charge is 0.352 e. The van der Waals surface area contributed by atoms with Crippen molar-refractivity contribution in [2.75, 3.05) is 10.8 Å². The van der Waals surface area contributed by atoms with Crippen LogP contribution in [0.15, 0.2) is 71.6 Å². The lowest BCUT2D eigenvalue weighted by molar-refractivity contribution is -0.139. The van der Waals surface area contributed by atoms with E-state index in [2.05, 4.69) is 5.32 Å². The van der Waals surface area contributed by atoms with Gasteiger partial charge in [0.1, 0.15) is 12.6 Å². The summed E-state index contributed by atoms with van der Waals surface area (Å²) in [6, 6.07) is 17.3. The highest BCUT2D eigenvalue weighted by molar-refractivity contribution is 7.92. The van der Waals surface area contributed by atoms with Gasteiger partial charge in [-0.25, -0.2) is 8.42 Å². The third kappa shape index (κ3) is 7.77. The highest BCUT2D eigenvalue weighted by atomic mass is 35.5. The van der Waals surface area contributed by atoms with Crippen LogP contribution in [-0.4, -0.2) is 43.8 Å². The number of carbonyl (C=O) groups excluding carboxylic acids is 2. The number of hydrogen-bond donors (Lipinski definition) is 1. The van der Waals surface area contributed by atoms with Crippen LogP contribution in [0.2, 0.25) is 10.0 Å². The third-order valence-corrected chi connectivity index (χ3v) is 9.08. The highest BCUT2D eigenvalue weighted by Gasteiger charge is 2.33. The minimum atomic E-state index is -4.13. The molecule has 0 aliphatic heterocycles. The Labute approximate surface area is 247 Å². The van der Waals surface area contributed by atoms with E-state index in [-0.39, 0.29) is 23.4 Å². The van der Waals surface area contributed by atoms with Gasteiger partial charge in [-0.15, -0.1) is 0 Å². The molecule has 0 saturated heterocycles. The standard InChI is InChI=1S/C30H35Cl2N3O4S/c1-6-22(4)33-30(37)23(5)34(18-24-12-13-25(31)17-28(24)32)29(36)19-35(26-9-7-8-21(3)16-26)40(38,39)27-14-10-20(2)11-15-27/h7-17,22-23H,6,18-19H2,1-5H3,(H,33,37). The van der Waals surface area contributed by atoms with Crippen molar-refractivity contribution in [2.24, 2.45) is 0 Å². The van der Waals surface area contributed by atoms with E-state index < -0.39 is 28.5 Å². The van der Waals surface area contributed by atoms with E-state index in [1.807, 2.05) is 33.8 Å². The minimum absolute atomic E-state index is 0.0177. The Morgan fingerprint density at radius 1 is 0.925 bits per heavy atom. The van der Waals surface area contributed by atoms with Gasteiger partial charge in [0.05, 0.1) is 10.6 Å². The second-order valence-electron chi connectivity index (χ2n) is 9.91. The molecule has 2 unspecified atom stereocenters. The average Bonchev–Trinajstić information content (AvgIpc) is 2.90. The Morgan fingerprint density at radius 3 is 2.20 bits per heavy atom. The van der Waals surface area contributed by atoms with Crippen LogP contribution in [0.1, 0.15) is 43.9 Å². The molecule has 2 amide bonds. The van der Waals surface area contributed by atoms with Crippen LogP contribution in [0.5, 0.6) is 0 Å². The molecule has 7 nitrogen and oxygen atoms in total. The first kappa shape index (κ1) is 31.5. The molecule has 3 aromatic rings. The van der Waals surface area contributed by atoms with Crippen molar-refractivity contribution in [3.05, 3.63) is 93.5 Å². The second kappa shape index (κ2) is 13.5. The summed E-state index contributed by atoms with van der Waals surface area (Å²) in [5.74, 6) is -0.911. The lowest BCUT2D eigenvalue weighted by Crippen LogP contribution is -2.52. The van der Waals surface area contributed by atoms with Crippen LogP contribution in [0.3, 0.4) is 0 Å². The number of halogens is 2. The Kier molecular flexibility index (Phi) is 10.6. The quantitative estimate of drug-likeness (QED) is 0.285. The van der Waals surface area contributed by atoms with Gasteiger partial charge in [-0.1, -0.05) is 66.0 Å². The van der Waals surface area contributed by atoms with Gasteiger partial charge < -0.3 is 10.2 Å². The zero-order valence-electron chi connectivity index (χ0n) is 23.3. The van der Waals surface area contributed by atoms with Gasteiger partial charge in [-0.05, 0) is 81.6 Å². The molecular formula is C30H35Cl2N3O4S. The van der Waals surface area contributed by atoms with Crippen molar-refractivity contribution in [1.82, 2.24) is 10.2 Å². The molecule has 0 aliphatic carbocycles. The van der Waals surface area contributed by atoms with Gasteiger partial charge in [0.15, 0.2) is 0 Å². The highest BCUT2D eigenvalue weighted by Crippen LogP contribution is 2.27.